The van der Waals surface area contributed by atoms with E-state index in [1.807, 2.05) is 97.1 Å². The fraction of sp³-hybridized carbons (Fsp3) is 0. The summed E-state index contributed by atoms with van der Waals surface area (Å²) in [7, 11) is 4.83. The molecular weight excluding hydrogens is 637 g/mol. The predicted molar refractivity (Wildman–Crippen MR) is 178 cm³/mol. The van der Waals surface area contributed by atoms with Gasteiger partial charge in [-0.1, -0.05) is 97.1 Å². The molecule has 3 aromatic heterocycles. The Bertz CT molecular complexity index is 2050. The zero-order valence-corrected chi connectivity index (χ0v) is 28.5. The van der Waals surface area contributed by atoms with Gasteiger partial charge in [0, 0.05) is 43.8 Å². The van der Waals surface area contributed by atoms with E-state index in [2.05, 4.69) is 9.97 Å². The molecule has 8 nitrogen and oxygen atoms in total. The van der Waals surface area contributed by atoms with Crippen LogP contribution in [0, 0.1) is 0 Å². The van der Waals surface area contributed by atoms with Gasteiger partial charge in [-0.2, -0.15) is 0 Å². The predicted octanol–water partition coefficient (Wildman–Crippen LogP) is 7.06. The van der Waals surface area contributed by atoms with Gasteiger partial charge in [0.05, 0.1) is 0 Å². The van der Waals surface area contributed by atoms with Crippen LogP contribution in [-0.4, -0.2) is 57.5 Å². The van der Waals surface area contributed by atoms with Crippen molar-refractivity contribution < 1.29 is 0 Å². The molecule has 5 heterocycles. The molecule has 2 aliphatic heterocycles. The van der Waals surface area contributed by atoms with E-state index in [4.69, 9.17) is 39.5 Å². The van der Waals surface area contributed by atoms with Crippen molar-refractivity contribution in [1.29, 1.82) is 0 Å². The first-order chi connectivity index (χ1) is 20.8. The number of hydrogen-bond acceptors (Lipinski definition) is 6. The number of aromatic nitrogens is 8. The Balaban J connectivity index is 0.000000981. The molecule has 7 aromatic rings. The number of H-pyrrole nitrogens is 2. The van der Waals surface area contributed by atoms with Crippen molar-refractivity contribution in [3.63, 3.8) is 0 Å². The molecule has 43 heavy (non-hydrogen) atoms. The molecule has 8 bridgehead atoms. The van der Waals surface area contributed by atoms with Crippen molar-refractivity contribution in [2.24, 2.45) is 0 Å². The number of aromatic amines is 2. The van der Waals surface area contributed by atoms with Crippen molar-refractivity contribution in [3.8, 4) is 45.6 Å². The van der Waals surface area contributed by atoms with E-state index in [1.54, 1.807) is 0 Å². The maximum absolute atomic E-state index is 5.02. The average Bonchev–Trinajstić information content (AvgIpc) is 3.78. The van der Waals surface area contributed by atoms with Gasteiger partial charge in [0.25, 0.3) is 0 Å². The largest absolute Gasteiger partial charge is 0.324 e. The Morgan fingerprint density at radius 1 is 0.372 bits per heavy atom. The third-order valence-corrected chi connectivity index (χ3v) is 7.46. The minimum Gasteiger partial charge on any atom is -0.324 e. The molecule has 11 heteroatoms. The molecule has 206 valence electrons. The molecule has 9 rings (SSSR count). The third kappa shape index (κ3) is 4.40. The van der Waals surface area contributed by atoms with Gasteiger partial charge in [-0.3, -0.25) is 0 Å². The summed E-state index contributed by atoms with van der Waals surface area (Å²) in [5.74, 6) is 2.39. The Labute approximate surface area is 265 Å². The van der Waals surface area contributed by atoms with Crippen LogP contribution in [0.5, 0.6) is 0 Å². The number of hydrogen-bond donors (Lipinski definition) is 2. The number of halogens is 2. The fourth-order valence-corrected chi connectivity index (χ4v) is 5.59. The van der Waals surface area contributed by atoms with Gasteiger partial charge in [-0.25, -0.2) is 29.9 Å². The Morgan fingerprint density at radius 2 is 0.605 bits per heavy atom. The summed E-state index contributed by atoms with van der Waals surface area (Å²) in [5, 5.41) is 3.82. The minimum atomic E-state index is 0. The molecule has 0 spiro atoms. The quantitative estimate of drug-likeness (QED) is 0.169. The minimum absolute atomic E-state index is 0. The normalized spacial score (nSPS) is 11.3. The third-order valence-electron chi connectivity index (χ3n) is 7.46. The topological polar surface area (TPSA) is 109 Å². The van der Waals surface area contributed by atoms with Crippen LogP contribution in [-0.2, 0) is 0 Å². The number of nitrogens with one attached hydrogen (secondary N) is 2. The molecule has 0 saturated heterocycles. The summed E-state index contributed by atoms with van der Waals surface area (Å²) in [4.78, 5) is 36.8. The first kappa shape index (κ1) is 27.3. The van der Waals surface area contributed by atoms with Gasteiger partial charge in [0.15, 0.2) is 23.3 Å². The summed E-state index contributed by atoms with van der Waals surface area (Å²) in [6.45, 7) is 0. The van der Waals surface area contributed by atoms with Crippen LogP contribution in [0.3, 0.4) is 0 Å². The van der Waals surface area contributed by atoms with Crippen LogP contribution in [0.1, 0.15) is 0 Å². The van der Waals surface area contributed by atoms with Crippen LogP contribution in [0.25, 0.3) is 89.7 Å². The zero-order valence-electron chi connectivity index (χ0n) is 22.7. The standard InChI is InChI=1S/C32H18N8.2ClH.Ga.2H/c1-2-10-18-17(9-1)25-33-26(18)38-28-21-13-5-6-14-22(21)30(35-28)40-32-24-16-8-7-15-23(24)31(36-32)39-29-20-12-4-3-11-19(20)27(34-29)37-25;;;;;/h1-16H,(H2,33,34,35,36,37,38,39,40);2*1H;;;/q;;;+1;;/p-1. The fourth-order valence-electron chi connectivity index (χ4n) is 5.59. The van der Waals surface area contributed by atoms with Crippen LogP contribution >= 0.6 is 22.0 Å². The maximum Gasteiger partial charge on any atom is 0.164 e. The molecular formula is C32H21Cl2GaN8. The van der Waals surface area contributed by atoms with Crippen LogP contribution in [0.2, 0.25) is 0 Å². The van der Waals surface area contributed by atoms with E-state index in [-0.39, 0.29) is 12.4 Å². The van der Waals surface area contributed by atoms with Crippen molar-refractivity contribution >= 4 is 83.8 Å². The Morgan fingerprint density at radius 3 is 0.860 bits per heavy atom. The Hall–Kier alpha value is -4.54. The Kier molecular flexibility index (Phi) is 6.95. The number of fused-ring (bicyclic) bond motifs is 20. The van der Waals surface area contributed by atoms with Gasteiger partial charge in [0.2, 0.25) is 0 Å². The van der Waals surface area contributed by atoms with Crippen molar-refractivity contribution in [1.82, 2.24) is 39.9 Å². The second-order valence-electron chi connectivity index (χ2n) is 9.79. The summed E-state index contributed by atoms with van der Waals surface area (Å²) in [6.07, 6.45) is 0. The van der Waals surface area contributed by atoms with E-state index in [9.17, 15) is 0 Å². The molecule has 0 fully saturated rings. The van der Waals surface area contributed by atoms with Gasteiger partial charge >= 0.3 is 27.2 Å². The van der Waals surface area contributed by atoms with Gasteiger partial charge in [-0.15, -0.1) is 12.4 Å². The molecule has 0 amide bonds. The second kappa shape index (κ2) is 10.9. The van der Waals surface area contributed by atoms with Crippen molar-refractivity contribution in [3.05, 3.63) is 97.1 Å². The summed E-state index contributed by atoms with van der Waals surface area (Å²) in [6, 6.07) is 32.2. The molecule has 2 aliphatic rings. The summed E-state index contributed by atoms with van der Waals surface area (Å²) in [5.41, 5.74) is 6.45. The molecule has 2 N–H and O–H groups in total. The van der Waals surface area contributed by atoms with Crippen molar-refractivity contribution in [2.45, 2.75) is 0 Å². The first-order valence-corrected chi connectivity index (χ1v) is 18.9. The van der Waals surface area contributed by atoms with E-state index in [1.165, 1.54) is 0 Å². The van der Waals surface area contributed by atoms with Crippen molar-refractivity contribution in [2.75, 3.05) is 0 Å². The smallest absolute Gasteiger partial charge is 0.164 e. The molecule has 0 aliphatic carbocycles. The van der Waals surface area contributed by atoms with Crippen LogP contribution in [0.4, 0.5) is 0 Å². The average molecular weight is 658 g/mol. The monoisotopic (exact) mass is 656 g/mol. The maximum atomic E-state index is 5.02. The second-order valence-corrected chi connectivity index (χ2v) is 9.79. The molecule has 0 atom stereocenters. The van der Waals surface area contributed by atoms with Gasteiger partial charge < -0.3 is 9.97 Å². The number of nitrogens with zero attached hydrogens (tertiary/aromatic N) is 6. The summed E-state index contributed by atoms with van der Waals surface area (Å²) >= 11 is 0.535. The first-order valence-electron chi connectivity index (χ1n) is 13.4. The van der Waals surface area contributed by atoms with E-state index < -0.39 is 0 Å². The van der Waals surface area contributed by atoms with Crippen LogP contribution in [0.15, 0.2) is 97.1 Å². The number of rotatable bonds is 0. The van der Waals surface area contributed by atoms with E-state index in [0.29, 0.717) is 63.5 Å². The van der Waals surface area contributed by atoms with Gasteiger partial charge in [-0.05, 0) is 0 Å². The SMILES string of the molecule is Cl.[Cl][GaH2].c1ccc2c(c1)-c1nc-2nc2[nH]c(nc3nc(nc4[nH]c(n1)c1ccccc41)-c1ccccc1-3)c1ccccc21. The zero-order chi connectivity index (χ0) is 28.2. The molecule has 0 unspecified atom stereocenters. The number of benzene rings is 4. The van der Waals surface area contributed by atoms with E-state index in [0.717, 1.165) is 43.8 Å². The van der Waals surface area contributed by atoms with E-state index >= 15 is 0 Å². The molecule has 4 aromatic carbocycles. The van der Waals surface area contributed by atoms with Crippen LogP contribution < -0.4 is 0 Å². The summed E-state index contributed by atoms with van der Waals surface area (Å²) < 4.78 is 0. The molecule has 0 radical (unpaired) electrons. The molecule has 0 saturated carbocycles. The van der Waals surface area contributed by atoms with Gasteiger partial charge in [0.1, 0.15) is 22.6 Å².